The molecule has 2 nitrogen and oxygen atoms in total. The smallest absolute Gasteiger partial charge is 0.127 e. The Morgan fingerprint density at radius 1 is 1.08 bits per heavy atom. The Bertz CT molecular complexity index is 687. The number of rotatable bonds is 4. The highest BCUT2D eigenvalue weighted by molar-refractivity contribution is 5.30. The molecule has 1 aliphatic carbocycles. The molecule has 1 unspecified atom stereocenters. The molecular formula is C21H23FO2. The summed E-state index contributed by atoms with van der Waals surface area (Å²) in [5, 5.41) is 0. The van der Waals surface area contributed by atoms with E-state index in [1.54, 1.807) is 12.1 Å². The summed E-state index contributed by atoms with van der Waals surface area (Å²) in [4.78, 5) is 0. The molecule has 4 rings (SSSR count). The molecule has 2 aliphatic rings. The molecule has 2 aromatic rings. The van der Waals surface area contributed by atoms with Gasteiger partial charge < -0.3 is 9.47 Å². The van der Waals surface area contributed by atoms with Gasteiger partial charge in [-0.05, 0) is 42.4 Å². The zero-order chi connectivity index (χ0) is 16.4. The molecule has 0 radical (unpaired) electrons. The standard InChI is InChI=1S/C21H23FO2/c22-20-9-5-4-8-19(20)21-11-10-18(12-17(21)14-23-15-21)24-13-16-6-2-1-3-7-16/h1-9,17-18H,10-15H2/t17-,18?,21-/m0/s1. The summed E-state index contributed by atoms with van der Waals surface area (Å²) in [6, 6.07) is 17.5. The van der Waals surface area contributed by atoms with Crippen LogP contribution < -0.4 is 0 Å². The average Bonchev–Trinajstić information content (AvgIpc) is 3.05. The fourth-order valence-electron chi connectivity index (χ4n) is 4.32. The lowest BCUT2D eigenvalue weighted by Crippen LogP contribution is -2.42. The van der Waals surface area contributed by atoms with Crippen LogP contribution in [0.3, 0.4) is 0 Å². The molecule has 0 aromatic heterocycles. The number of hydrogen-bond acceptors (Lipinski definition) is 2. The van der Waals surface area contributed by atoms with E-state index in [1.165, 1.54) is 5.56 Å². The number of halogens is 1. The molecule has 3 heteroatoms. The van der Waals surface area contributed by atoms with Crippen LogP contribution in [0.1, 0.15) is 30.4 Å². The predicted octanol–water partition coefficient (Wildman–Crippen LogP) is 4.48. The van der Waals surface area contributed by atoms with Crippen molar-refractivity contribution in [2.75, 3.05) is 13.2 Å². The Morgan fingerprint density at radius 3 is 2.71 bits per heavy atom. The molecule has 0 bridgehead atoms. The third-order valence-corrected chi connectivity index (χ3v) is 5.66. The van der Waals surface area contributed by atoms with Gasteiger partial charge in [0, 0.05) is 5.41 Å². The van der Waals surface area contributed by atoms with Gasteiger partial charge in [-0.25, -0.2) is 4.39 Å². The van der Waals surface area contributed by atoms with Crippen molar-refractivity contribution in [2.24, 2.45) is 5.92 Å². The monoisotopic (exact) mass is 326 g/mol. The first-order valence-corrected chi connectivity index (χ1v) is 8.76. The van der Waals surface area contributed by atoms with Gasteiger partial charge in [-0.15, -0.1) is 0 Å². The van der Waals surface area contributed by atoms with E-state index in [2.05, 4.69) is 12.1 Å². The zero-order valence-corrected chi connectivity index (χ0v) is 13.8. The number of hydrogen-bond donors (Lipinski definition) is 0. The van der Waals surface area contributed by atoms with Crippen LogP contribution in [0.4, 0.5) is 4.39 Å². The SMILES string of the molecule is Fc1ccccc1[C@]12CCC(OCc3ccccc3)C[C@H]1COC2. The maximum atomic E-state index is 14.4. The maximum absolute atomic E-state index is 14.4. The van der Waals surface area contributed by atoms with Gasteiger partial charge in [-0.1, -0.05) is 48.5 Å². The van der Waals surface area contributed by atoms with Gasteiger partial charge in [0.05, 0.1) is 25.9 Å². The van der Waals surface area contributed by atoms with Crippen LogP contribution in [-0.4, -0.2) is 19.3 Å². The topological polar surface area (TPSA) is 18.5 Å². The fourth-order valence-corrected chi connectivity index (χ4v) is 4.32. The normalized spacial score (nSPS) is 29.4. The lowest BCUT2D eigenvalue weighted by molar-refractivity contribution is -0.0121. The van der Waals surface area contributed by atoms with E-state index in [-0.39, 0.29) is 17.3 Å². The zero-order valence-electron chi connectivity index (χ0n) is 13.8. The molecule has 0 spiro atoms. The first-order chi connectivity index (χ1) is 11.8. The molecule has 1 saturated heterocycles. The van der Waals surface area contributed by atoms with Gasteiger partial charge in [0.1, 0.15) is 5.82 Å². The van der Waals surface area contributed by atoms with Crippen LogP contribution >= 0.6 is 0 Å². The highest BCUT2D eigenvalue weighted by Crippen LogP contribution is 2.49. The Labute approximate surface area is 142 Å². The maximum Gasteiger partial charge on any atom is 0.127 e. The van der Waals surface area contributed by atoms with Crippen LogP contribution in [0.2, 0.25) is 0 Å². The van der Waals surface area contributed by atoms with Crippen molar-refractivity contribution in [3.63, 3.8) is 0 Å². The van der Waals surface area contributed by atoms with Crippen LogP contribution in [0.5, 0.6) is 0 Å². The molecule has 0 amide bonds. The minimum atomic E-state index is -0.169. The van der Waals surface area contributed by atoms with E-state index in [9.17, 15) is 4.39 Å². The summed E-state index contributed by atoms with van der Waals surface area (Å²) in [5.74, 6) is 0.237. The second-order valence-corrected chi connectivity index (χ2v) is 7.04. The molecular weight excluding hydrogens is 303 g/mol. The van der Waals surface area contributed by atoms with Gasteiger partial charge in [0.2, 0.25) is 0 Å². The predicted molar refractivity (Wildman–Crippen MR) is 91.3 cm³/mol. The van der Waals surface area contributed by atoms with Crippen molar-refractivity contribution in [2.45, 2.75) is 37.4 Å². The van der Waals surface area contributed by atoms with Crippen molar-refractivity contribution in [1.82, 2.24) is 0 Å². The number of ether oxygens (including phenoxy) is 2. The van der Waals surface area contributed by atoms with Gasteiger partial charge in [0.25, 0.3) is 0 Å². The highest BCUT2D eigenvalue weighted by atomic mass is 19.1. The largest absolute Gasteiger partial charge is 0.380 e. The summed E-state index contributed by atoms with van der Waals surface area (Å²) in [6.45, 7) is 1.98. The Hall–Kier alpha value is -1.71. The first-order valence-electron chi connectivity index (χ1n) is 8.76. The Morgan fingerprint density at radius 2 is 1.88 bits per heavy atom. The Kier molecular flexibility index (Phi) is 4.38. The third kappa shape index (κ3) is 2.87. The lowest BCUT2D eigenvalue weighted by atomic mass is 9.63. The fraction of sp³-hybridized carbons (Fsp3) is 0.429. The van der Waals surface area contributed by atoms with Gasteiger partial charge in [-0.3, -0.25) is 0 Å². The molecule has 1 saturated carbocycles. The summed E-state index contributed by atoms with van der Waals surface area (Å²) in [5.41, 5.74) is 1.86. The molecule has 1 aliphatic heterocycles. The number of fused-ring (bicyclic) bond motifs is 1. The summed E-state index contributed by atoms with van der Waals surface area (Å²) in [6.07, 6.45) is 3.07. The van der Waals surface area contributed by atoms with Crippen molar-refractivity contribution in [1.29, 1.82) is 0 Å². The van der Waals surface area contributed by atoms with Gasteiger partial charge in [0.15, 0.2) is 0 Å². The average molecular weight is 326 g/mol. The van der Waals surface area contributed by atoms with E-state index in [1.807, 2.05) is 30.3 Å². The van der Waals surface area contributed by atoms with E-state index in [0.29, 0.717) is 25.7 Å². The quantitative estimate of drug-likeness (QED) is 0.825. The summed E-state index contributed by atoms with van der Waals surface area (Å²) < 4.78 is 26.3. The first kappa shape index (κ1) is 15.8. The second kappa shape index (κ2) is 6.66. The summed E-state index contributed by atoms with van der Waals surface area (Å²) >= 11 is 0. The van der Waals surface area contributed by atoms with Crippen LogP contribution in [0.15, 0.2) is 54.6 Å². The molecule has 3 atom stereocenters. The van der Waals surface area contributed by atoms with E-state index < -0.39 is 0 Å². The van der Waals surface area contributed by atoms with Crippen LogP contribution in [-0.2, 0) is 21.5 Å². The van der Waals surface area contributed by atoms with Crippen molar-refractivity contribution >= 4 is 0 Å². The van der Waals surface area contributed by atoms with Crippen LogP contribution in [0.25, 0.3) is 0 Å². The molecule has 2 aromatic carbocycles. The van der Waals surface area contributed by atoms with Crippen molar-refractivity contribution in [3.05, 3.63) is 71.5 Å². The highest BCUT2D eigenvalue weighted by Gasteiger charge is 2.50. The third-order valence-electron chi connectivity index (χ3n) is 5.66. The lowest BCUT2D eigenvalue weighted by Gasteiger charge is -2.41. The second-order valence-electron chi connectivity index (χ2n) is 7.04. The molecule has 2 fully saturated rings. The van der Waals surface area contributed by atoms with E-state index >= 15 is 0 Å². The van der Waals surface area contributed by atoms with Crippen molar-refractivity contribution < 1.29 is 13.9 Å². The van der Waals surface area contributed by atoms with Gasteiger partial charge >= 0.3 is 0 Å². The minimum Gasteiger partial charge on any atom is -0.380 e. The van der Waals surface area contributed by atoms with Crippen LogP contribution in [0, 0.1) is 11.7 Å². The van der Waals surface area contributed by atoms with Gasteiger partial charge in [-0.2, -0.15) is 0 Å². The molecule has 126 valence electrons. The summed E-state index contributed by atoms with van der Waals surface area (Å²) in [7, 11) is 0. The molecule has 0 N–H and O–H groups in total. The van der Waals surface area contributed by atoms with E-state index in [0.717, 1.165) is 24.8 Å². The van der Waals surface area contributed by atoms with E-state index in [4.69, 9.17) is 9.47 Å². The number of benzene rings is 2. The Balaban J connectivity index is 1.46. The van der Waals surface area contributed by atoms with Crippen molar-refractivity contribution in [3.8, 4) is 0 Å². The molecule has 1 heterocycles. The minimum absolute atomic E-state index is 0.100. The molecule has 24 heavy (non-hydrogen) atoms.